The Labute approximate surface area is 114 Å². The lowest BCUT2D eigenvalue weighted by atomic mass is 10.2. The van der Waals surface area contributed by atoms with Gasteiger partial charge in [0.1, 0.15) is 10.8 Å². The smallest absolute Gasteiger partial charge is 0.137 e. The molecule has 1 aliphatic rings. The first-order valence-corrected chi connectivity index (χ1v) is 7.07. The SMILES string of the molecule is CCCCN(c1c(C(N)=S)c(C)nn1C)C1CC1. The predicted molar refractivity (Wildman–Crippen MR) is 79.1 cm³/mol. The van der Waals surface area contributed by atoms with Crippen LogP contribution in [-0.4, -0.2) is 27.4 Å². The van der Waals surface area contributed by atoms with Crippen LogP contribution >= 0.6 is 12.2 Å². The highest BCUT2D eigenvalue weighted by Gasteiger charge is 2.33. The normalized spacial score (nSPS) is 14.8. The molecule has 5 heteroatoms. The van der Waals surface area contributed by atoms with Crippen LogP contribution in [0.15, 0.2) is 0 Å². The molecular formula is C13H22N4S. The third kappa shape index (κ3) is 2.51. The summed E-state index contributed by atoms with van der Waals surface area (Å²) in [6.45, 7) is 5.26. The molecule has 2 N–H and O–H groups in total. The highest BCUT2D eigenvalue weighted by Crippen LogP contribution is 2.34. The predicted octanol–water partition coefficient (Wildman–Crippen LogP) is 2.13. The van der Waals surface area contributed by atoms with Crippen molar-refractivity contribution in [2.75, 3.05) is 11.4 Å². The first kappa shape index (κ1) is 13.3. The van der Waals surface area contributed by atoms with E-state index in [4.69, 9.17) is 18.0 Å². The second-order valence-corrected chi connectivity index (χ2v) is 5.49. The van der Waals surface area contributed by atoms with E-state index in [9.17, 15) is 0 Å². The number of rotatable bonds is 6. The molecule has 1 fully saturated rings. The summed E-state index contributed by atoms with van der Waals surface area (Å²) in [5.74, 6) is 1.11. The van der Waals surface area contributed by atoms with Crippen molar-refractivity contribution < 1.29 is 0 Å². The number of nitrogens with two attached hydrogens (primary N) is 1. The minimum Gasteiger partial charge on any atom is -0.389 e. The van der Waals surface area contributed by atoms with E-state index in [0.29, 0.717) is 11.0 Å². The number of unbranched alkanes of at least 4 members (excludes halogenated alkanes) is 1. The van der Waals surface area contributed by atoms with Gasteiger partial charge in [0.2, 0.25) is 0 Å². The summed E-state index contributed by atoms with van der Waals surface area (Å²) in [4.78, 5) is 2.90. The number of aromatic nitrogens is 2. The van der Waals surface area contributed by atoms with Gasteiger partial charge in [-0.2, -0.15) is 5.10 Å². The number of anilines is 1. The van der Waals surface area contributed by atoms with E-state index in [2.05, 4.69) is 16.9 Å². The fraction of sp³-hybridized carbons (Fsp3) is 0.692. The molecular weight excluding hydrogens is 244 g/mol. The maximum atomic E-state index is 5.87. The fourth-order valence-electron chi connectivity index (χ4n) is 2.44. The van der Waals surface area contributed by atoms with E-state index < -0.39 is 0 Å². The number of nitrogens with zero attached hydrogens (tertiary/aromatic N) is 3. The molecule has 0 unspecified atom stereocenters. The van der Waals surface area contributed by atoms with E-state index in [1.54, 1.807) is 0 Å². The Hall–Kier alpha value is -1.10. The van der Waals surface area contributed by atoms with E-state index in [1.807, 2.05) is 18.7 Å². The Morgan fingerprint density at radius 2 is 2.22 bits per heavy atom. The molecule has 0 bridgehead atoms. The van der Waals surface area contributed by atoms with Crippen molar-refractivity contribution in [2.45, 2.75) is 45.6 Å². The van der Waals surface area contributed by atoms with Crippen molar-refractivity contribution in [2.24, 2.45) is 12.8 Å². The summed E-state index contributed by atoms with van der Waals surface area (Å²) < 4.78 is 1.93. The summed E-state index contributed by atoms with van der Waals surface area (Å²) in [5.41, 5.74) is 7.75. The Bertz CT molecular complexity index is 448. The molecule has 18 heavy (non-hydrogen) atoms. The number of hydrogen-bond acceptors (Lipinski definition) is 3. The van der Waals surface area contributed by atoms with Crippen LogP contribution in [0.25, 0.3) is 0 Å². The van der Waals surface area contributed by atoms with E-state index in [0.717, 1.165) is 23.6 Å². The van der Waals surface area contributed by atoms with Gasteiger partial charge in [0.15, 0.2) is 0 Å². The molecule has 1 heterocycles. The summed E-state index contributed by atoms with van der Waals surface area (Å²) in [7, 11) is 1.98. The Morgan fingerprint density at radius 3 is 2.72 bits per heavy atom. The number of thiocarbonyl (C=S) groups is 1. The zero-order chi connectivity index (χ0) is 13.3. The minimum atomic E-state index is 0.456. The quantitative estimate of drug-likeness (QED) is 0.801. The third-order valence-electron chi connectivity index (χ3n) is 3.45. The van der Waals surface area contributed by atoms with Gasteiger partial charge >= 0.3 is 0 Å². The molecule has 0 aromatic carbocycles. The lowest BCUT2D eigenvalue weighted by Crippen LogP contribution is -2.31. The van der Waals surface area contributed by atoms with Gasteiger partial charge < -0.3 is 10.6 Å². The zero-order valence-corrected chi connectivity index (χ0v) is 12.3. The molecule has 1 aromatic rings. The van der Waals surface area contributed by atoms with Gasteiger partial charge in [-0.3, -0.25) is 4.68 Å². The molecule has 0 amide bonds. The fourth-order valence-corrected chi connectivity index (χ4v) is 2.68. The highest BCUT2D eigenvalue weighted by atomic mass is 32.1. The Balaban J connectivity index is 2.36. The third-order valence-corrected chi connectivity index (χ3v) is 3.65. The summed E-state index contributed by atoms with van der Waals surface area (Å²) in [6.07, 6.45) is 4.93. The number of hydrogen-bond donors (Lipinski definition) is 1. The minimum absolute atomic E-state index is 0.456. The van der Waals surface area contributed by atoms with Crippen LogP contribution in [0, 0.1) is 6.92 Å². The van der Waals surface area contributed by atoms with Gasteiger partial charge in [-0.15, -0.1) is 0 Å². The maximum absolute atomic E-state index is 5.87. The average Bonchev–Trinajstić information content (AvgIpc) is 3.06. The van der Waals surface area contributed by atoms with Crippen molar-refractivity contribution >= 4 is 23.0 Å². The van der Waals surface area contributed by atoms with Crippen LogP contribution in [-0.2, 0) is 7.05 Å². The van der Waals surface area contributed by atoms with Gasteiger partial charge in [0.25, 0.3) is 0 Å². The molecule has 1 aliphatic carbocycles. The molecule has 2 rings (SSSR count). The summed E-state index contributed by atoms with van der Waals surface area (Å²) in [6, 6.07) is 0.652. The molecule has 0 saturated heterocycles. The van der Waals surface area contributed by atoms with Crippen LogP contribution in [0.4, 0.5) is 5.82 Å². The average molecular weight is 266 g/mol. The van der Waals surface area contributed by atoms with Crippen molar-refractivity contribution in [3.63, 3.8) is 0 Å². The standard InChI is InChI=1S/C13H22N4S/c1-4-5-8-17(10-6-7-10)13-11(12(14)18)9(2)15-16(13)3/h10H,4-8H2,1-3H3,(H2,14,18). The monoisotopic (exact) mass is 266 g/mol. The topological polar surface area (TPSA) is 47.1 Å². The van der Waals surface area contributed by atoms with Crippen molar-refractivity contribution in [3.05, 3.63) is 11.3 Å². The molecule has 0 aliphatic heterocycles. The van der Waals surface area contributed by atoms with Gasteiger partial charge in [-0.25, -0.2) is 0 Å². The molecule has 100 valence electrons. The van der Waals surface area contributed by atoms with Crippen LogP contribution in [0.3, 0.4) is 0 Å². The summed E-state index contributed by atoms with van der Waals surface area (Å²) >= 11 is 5.19. The first-order valence-electron chi connectivity index (χ1n) is 6.66. The lowest BCUT2D eigenvalue weighted by molar-refractivity contribution is 0.662. The van der Waals surface area contributed by atoms with Crippen molar-refractivity contribution in [1.29, 1.82) is 0 Å². The van der Waals surface area contributed by atoms with Gasteiger partial charge in [-0.1, -0.05) is 25.6 Å². The van der Waals surface area contributed by atoms with Crippen molar-refractivity contribution in [1.82, 2.24) is 9.78 Å². The second kappa shape index (κ2) is 5.26. The van der Waals surface area contributed by atoms with Crippen LogP contribution in [0.2, 0.25) is 0 Å². The van der Waals surface area contributed by atoms with E-state index in [-0.39, 0.29) is 0 Å². The molecule has 0 atom stereocenters. The summed E-state index contributed by atoms with van der Waals surface area (Å²) in [5, 5.41) is 4.48. The van der Waals surface area contributed by atoms with Gasteiger partial charge in [0.05, 0.1) is 11.3 Å². The lowest BCUT2D eigenvalue weighted by Gasteiger charge is -2.25. The van der Waals surface area contributed by atoms with Crippen LogP contribution in [0.1, 0.15) is 43.9 Å². The number of aryl methyl sites for hydroxylation is 2. The largest absolute Gasteiger partial charge is 0.389 e. The van der Waals surface area contributed by atoms with Gasteiger partial charge in [0, 0.05) is 19.6 Å². The molecule has 4 nitrogen and oxygen atoms in total. The van der Waals surface area contributed by atoms with Gasteiger partial charge in [-0.05, 0) is 26.2 Å². The second-order valence-electron chi connectivity index (χ2n) is 5.05. The molecule has 1 saturated carbocycles. The van der Waals surface area contributed by atoms with E-state index >= 15 is 0 Å². The molecule has 0 spiro atoms. The molecule has 1 aromatic heterocycles. The van der Waals surface area contributed by atoms with Crippen LogP contribution in [0.5, 0.6) is 0 Å². The Kier molecular flexibility index (Phi) is 3.90. The zero-order valence-electron chi connectivity index (χ0n) is 11.4. The van der Waals surface area contributed by atoms with E-state index in [1.165, 1.54) is 25.7 Å². The van der Waals surface area contributed by atoms with Crippen LogP contribution < -0.4 is 10.6 Å². The molecule has 0 radical (unpaired) electrons. The first-order chi connectivity index (χ1) is 8.56. The Morgan fingerprint density at radius 1 is 1.56 bits per heavy atom. The highest BCUT2D eigenvalue weighted by molar-refractivity contribution is 7.80. The maximum Gasteiger partial charge on any atom is 0.137 e. The van der Waals surface area contributed by atoms with Crippen molar-refractivity contribution in [3.8, 4) is 0 Å².